The van der Waals surface area contributed by atoms with Crippen LogP contribution < -0.4 is 0 Å². The molecule has 10 rings (SSSR count). The number of nitrogens with zero attached hydrogens (tertiary/aromatic N) is 1. The fourth-order valence-corrected chi connectivity index (χ4v) is 9.34. The smallest absolute Gasteiger partial charge is 0.0726 e. The number of hydrogen-bond acceptors (Lipinski definition) is 1. The molecular weight excluding hydrogens is 563 g/mol. The second kappa shape index (κ2) is 8.94. The Hall–Kier alpha value is -5.18. The van der Waals surface area contributed by atoms with Gasteiger partial charge in [-0.1, -0.05) is 117 Å². The molecule has 0 radical (unpaired) electrons. The van der Waals surface area contributed by atoms with E-state index in [1.54, 1.807) is 0 Å². The van der Waals surface area contributed by atoms with Gasteiger partial charge >= 0.3 is 0 Å². The first-order chi connectivity index (χ1) is 22.1. The van der Waals surface area contributed by atoms with Gasteiger partial charge < -0.3 is 4.57 Å². The Morgan fingerprint density at radius 2 is 1.16 bits per heavy atom. The second-order valence-corrected chi connectivity index (χ2v) is 14.0. The normalized spacial score (nSPS) is 13.7. The standard InChI is InChI=1S/C43H29NS/c1-43(2)35-18-10-8-14-29(35)30-22-20-27(25-36(30)43)26-21-23-37-34(24-26)39-31-15-6-7-16-32(31)40-33-17-9-11-19-38(33)45-42(40)41(39)44(37)28-12-4-3-5-13-28/h3-25H,1-2H3. The maximum atomic E-state index is 2.50. The molecule has 7 aromatic carbocycles. The van der Waals surface area contributed by atoms with E-state index in [-0.39, 0.29) is 5.41 Å². The Labute approximate surface area is 265 Å². The van der Waals surface area contributed by atoms with Crippen molar-refractivity contribution in [1.29, 1.82) is 0 Å². The highest BCUT2D eigenvalue weighted by atomic mass is 32.1. The van der Waals surface area contributed by atoms with Gasteiger partial charge in [-0.25, -0.2) is 0 Å². The third kappa shape index (κ3) is 3.32. The molecule has 9 aromatic rings. The largest absolute Gasteiger partial charge is 0.308 e. The van der Waals surface area contributed by atoms with E-state index < -0.39 is 0 Å². The summed E-state index contributed by atoms with van der Waals surface area (Å²) in [4.78, 5) is 0. The molecule has 1 aliphatic carbocycles. The SMILES string of the molecule is CC1(C)c2ccccc2-c2ccc(-c3ccc4c(c3)c3c5ccccc5c5c6ccccc6sc5c3n4-c3ccccc3)cc21. The molecule has 45 heavy (non-hydrogen) atoms. The van der Waals surface area contributed by atoms with Crippen LogP contribution in [0.5, 0.6) is 0 Å². The summed E-state index contributed by atoms with van der Waals surface area (Å²) in [5.41, 5.74) is 11.8. The molecule has 2 heteroatoms. The Bertz CT molecular complexity index is 2670. The van der Waals surface area contributed by atoms with Crippen LogP contribution in [0.15, 0.2) is 140 Å². The van der Waals surface area contributed by atoms with Crippen LogP contribution in [0.1, 0.15) is 25.0 Å². The minimum Gasteiger partial charge on any atom is -0.308 e. The molecule has 0 aliphatic heterocycles. The van der Waals surface area contributed by atoms with E-state index in [0.717, 1.165) is 0 Å². The molecule has 212 valence electrons. The van der Waals surface area contributed by atoms with E-state index in [1.807, 2.05) is 11.3 Å². The molecule has 0 atom stereocenters. The summed E-state index contributed by atoms with van der Waals surface area (Å²) in [6.07, 6.45) is 0. The average molecular weight is 592 g/mol. The van der Waals surface area contributed by atoms with Gasteiger partial charge in [0, 0.05) is 37.3 Å². The number of rotatable bonds is 2. The van der Waals surface area contributed by atoms with Gasteiger partial charge in [0.15, 0.2) is 0 Å². The lowest BCUT2D eigenvalue weighted by molar-refractivity contribution is 0.660. The third-order valence-corrected chi connectivity index (χ3v) is 11.4. The molecule has 1 aliphatic rings. The molecular formula is C43H29NS. The van der Waals surface area contributed by atoms with Crippen molar-refractivity contribution in [1.82, 2.24) is 4.57 Å². The molecule has 0 unspecified atom stereocenters. The van der Waals surface area contributed by atoms with Gasteiger partial charge in [0.05, 0.1) is 15.7 Å². The van der Waals surface area contributed by atoms with Crippen molar-refractivity contribution >= 4 is 64.1 Å². The van der Waals surface area contributed by atoms with Crippen LogP contribution in [0.2, 0.25) is 0 Å². The van der Waals surface area contributed by atoms with Gasteiger partial charge in [0.25, 0.3) is 0 Å². The first kappa shape index (κ1) is 25.2. The molecule has 0 fully saturated rings. The summed E-state index contributed by atoms with van der Waals surface area (Å²) in [6.45, 7) is 4.72. The van der Waals surface area contributed by atoms with Crippen LogP contribution in [-0.4, -0.2) is 4.57 Å². The molecule has 0 spiro atoms. The van der Waals surface area contributed by atoms with E-state index >= 15 is 0 Å². The van der Waals surface area contributed by atoms with Crippen LogP contribution in [0.25, 0.3) is 80.7 Å². The van der Waals surface area contributed by atoms with Gasteiger partial charge in [-0.3, -0.25) is 0 Å². The predicted octanol–water partition coefficient (Wildman–Crippen LogP) is 12.3. The highest BCUT2D eigenvalue weighted by Gasteiger charge is 2.35. The lowest BCUT2D eigenvalue weighted by Crippen LogP contribution is -2.14. The molecule has 2 aromatic heterocycles. The number of fused-ring (bicyclic) bond motifs is 13. The molecule has 1 nitrogen and oxygen atoms in total. The number of aromatic nitrogens is 1. The lowest BCUT2D eigenvalue weighted by Gasteiger charge is -2.22. The van der Waals surface area contributed by atoms with Gasteiger partial charge in [-0.2, -0.15) is 0 Å². The van der Waals surface area contributed by atoms with Crippen LogP contribution in [-0.2, 0) is 5.41 Å². The van der Waals surface area contributed by atoms with Crippen molar-refractivity contribution < 1.29 is 0 Å². The topological polar surface area (TPSA) is 4.93 Å². The number of benzene rings is 7. The zero-order valence-electron chi connectivity index (χ0n) is 25.1. The third-order valence-electron chi connectivity index (χ3n) is 10.2. The maximum Gasteiger partial charge on any atom is 0.0726 e. The minimum absolute atomic E-state index is 0.0294. The predicted molar refractivity (Wildman–Crippen MR) is 194 cm³/mol. The lowest BCUT2D eigenvalue weighted by atomic mass is 9.81. The summed E-state index contributed by atoms with van der Waals surface area (Å²) in [5, 5.41) is 7.96. The van der Waals surface area contributed by atoms with E-state index in [9.17, 15) is 0 Å². The molecule has 0 amide bonds. The van der Waals surface area contributed by atoms with Gasteiger partial charge in [0.2, 0.25) is 0 Å². The average Bonchev–Trinajstić information content (AvgIpc) is 3.71. The monoisotopic (exact) mass is 591 g/mol. The fraction of sp³-hybridized carbons (Fsp3) is 0.0698. The number of thiophene rings is 1. The molecule has 0 bridgehead atoms. The maximum absolute atomic E-state index is 2.50. The second-order valence-electron chi connectivity index (χ2n) is 12.9. The zero-order chi connectivity index (χ0) is 29.9. The summed E-state index contributed by atoms with van der Waals surface area (Å²) in [5.74, 6) is 0. The highest BCUT2D eigenvalue weighted by molar-refractivity contribution is 7.27. The fourth-order valence-electron chi connectivity index (χ4n) is 8.09. The van der Waals surface area contributed by atoms with Crippen LogP contribution in [0, 0.1) is 0 Å². The zero-order valence-corrected chi connectivity index (χ0v) is 26.0. The first-order valence-electron chi connectivity index (χ1n) is 15.7. The van der Waals surface area contributed by atoms with Crippen molar-refractivity contribution in [2.24, 2.45) is 0 Å². The van der Waals surface area contributed by atoms with Crippen molar-refractivity contribution in [3.63, 3.8) is 0 Å². The molecule has 2 heterocycles. The van der Waals surface area contributed by atoms with Gasteiger partial charge in [0.1, 0.15) is 0 Å². The van der Waals surface area contributed by atoms with E-state index in [2.05, 4.69) is 158 Å². The Morgan fingerprint density at radius 1 is 0.511 bits per heavy atom. The Balaban J connectivity index is 1.32. The van der Waals surface area contributed by atoms with Crippen molar-refractivity contribution in [2.45, 2.75) is 19.3 Å². The quantitative estimate of drug-likeness (QED) is 0.188. The van der Waals surface area contributed by atoms with E-state index in [0.29, 0.717) is 0 Å². The highest BCUT2D eigenvalue weighted by Crippen LogP contribution is 2.51. The van der Waals surface area contributed by atoms with E-state index in [1.165, 1.54) is 91.8 Å². The molecule has 0 saturated heterocycles. The molecule has 0 saturated carbocycles. The molecule has 0 N–H and O–H groups in total. The van der Waals surface area contributed by atoms with Crippen LogP contribution >= 0.6 is 11.3 Å². The van der Waals surface area contributed by atoms with Crippen molar-refractivity contribution in [2.75, 3.05) is 0 Å². The van der Waals surface area contributed by atoms with Crippen molar-refractivity contribution in [3.05, 3.63) is 151 Å². The number of para-hydroxylation sites is 1. The summed E-state index contributed by atoms with van der Waals surface area (Å²) in [7, 11) is 0. The minimum atomic E-state index is -0.0294. The Kier molecular flexibility index (Phi) is 5.00. The summed E-state index contributed by atoms with van der Waals surface area (Å²) < 4.78 is 5.18. The Morgan fingerprint density at radius 3 is 2.00 bits per heavy atom. The number of hydrogen-bond donors (Lipinski definition) is 0. The van der Waals surface area contributed by atoms with Crippen LogP contribution in [0.3, 0.4) is 0 Å². The summed E-state index contributed by atoms with van der Waals surface area (Å²) in [6, 6.07) is 51.9. The van der Waals surface area contributed by atoms with Crippen LogP contribution in [0.4, 0.5) is 0 Å². The van der Waals surface area contributed by atoms with Gasteiger partial charge in [-0.15, -0.1) is 11.3 Å². The van der Waals surface area contributed by atoms with Crippen molar-refractivity contribution in [3.8, 4) is 27.9 Å². The van der Waals surface area contributed by atoms with Gasteiger partial charge in [-0.05, 0) is 80.6 Å². The summed E-state index contributed by atoms with van der Waals surface area (Å²) >= 11 is 1.92. The first-order valence-corrected chi connectivity index (χ1v) is 16.5. The van der Waals surface area contributed by atoms with E-state index in [4.69, 9.17) is 0 Å².